The molecule has 12 nitrogen and oxygen atoms in total. The van der Waals surface area contributed by atoms with Crippen LogP contribution in [0.25, 0.3) is 0 Å². The van der Waals surface area contributed by atoms with Gasteiger partial charge in [0.15, 0.2) is 0 Å². The zero-order valence-corrected chi connectivity index (χ0v) is 15.9. The van der Waals surface area contributed by atoms with Crippen LogP contribution >= 0.6 is 0 Å². The molecule has 3 atom stereocenters. The Kier molecular flexibility index (Phi) is 11.2. The van der Waals surface area contributed by atoms with Crippen molar-refractivity contribution in [2.75, 3.05) is 6.54 Å². The molecule has 0 fully saturated rings. The van der Waals surface area contributed by atoms with Crippen LogP contribution in [0, 0.1) is 5.92 Å². The standard InChI is InChI=1S/C16H29N5O7/c1-8(2)12(14(25)20-10(15(26)27)5-6-11(22)23)21-13(24)9(17)4-3-7-19-16(18)28/h8-10,12H,3-7,17H2,1-2H3,(H,20,25)(H,21,24)(H,22,23)(H,26,27)(H3,18,19,28)/t9-,10-,12-/m0/s1. The number of urea groups is 1. The monoisotopic (exact) mass is 403 g/mol. The Labute approximate surface area is 162 Å². The first kappa shape index (κ1) is 25.1. The summed E-state index contributed by atoms with van der Waals surface area (Å²) >= 11 is 0. The number of hydrogen-bond donors (Lipinski definition) is 7. The van der Waals surface area contributed by atoms with Crippen LogP contribution in [0.1, 0.15) is 39.5 Å². The normalized spacial score (nSPS) is 13.9. The fourth-order valence-corrected chi connectivity index (χ4v) is 2.25. The quantitative estimate of drug-likeness (QED) is 0.176. The summed E-state index contributed by atoms with van der Waals surface area (Å²) in [6, 6.07) is -4.07. The number of carboxylic acid groups (broad SMARTS) is 2. The third-order valence-electron chi connectivity index (χ3n) is 3.84. The second-order valence-corrected chi connectivity index (χ2v) is 6.60. The number of carboxylic acids is 2. The van der Waals surface area contributed by atoms with E-state index in [0.29, 0.717) is 6.42 Å². The van der Waals surface area contributed by atoms with Gasteiger partial charge in [0.2, 0.25) is 11.8 Å². The molecule has 12 heteroatoms. The zero-order chi connectivity index (χ0) is 21.9. The van der Waals surface area contributed by atoms with Crippen LogP contribution in [0.4, 0.5) is 4.79 Å². The predicted octanol–water partition coefficient (Wildman–Crippen LogP) is -1.66. The van der Waals surface area contributed by atoms with Crippen LogP contribution in [-0.4, -0.2) is 64.7 Å². The molecule has 28 heavy (non-hydrogen) atoms. The van der Waals surface area contributed by atoms with Crippen molar-refractivity contribution in [2.24, 2.45) is 17.4 Å². The second-order valence-electron chi connectivity index (χ2n) is 6.60. The van der Waals surface area contributed by atoms with Crippen LogP contribution in [0.5, 0.6) is 0 Å². The smallest absolute Gasteiger partial charge is 0.326 e. The number of nitrogens with two attached hydrogens (primary N) is 2. The summed E-state index contributed by atoms with van der Waals surface area (Å²) in [5, 5.41) is 24.9. The molecule has 0 radical (unpaired) electrons. The molecule has 4 amide bonds. The number of rotatable bonds is 13. The van der Waals surface area contributed by atoms with Gasteiger partial charge in [0.25, 0.3) is 0 Å². The van der Waals surface area contributed by atoms with Crippen molar-refractivity contribution in [3.8, 4) is 0 Å². The fourth-order valence-electron chi connectivity index (χ4n) is 2.25. The lowest BCUT2D eigenvalue weighted by Gasteiger charge is -2.25. The molecular weight excluding hydrogens is 374 g/mol. The number of hydrogen-bond acceptors (Lipinski definition) is 6. The van der Waals surface area contributed by atoms with Crippen molar-refractivity contribution >= 4 is 29.8 Å². The van der Waals surface area contributed by atoms with Crippen LogP contribution in [0.3, 0.4) is 0 Å². The van der Waals surface area contributed by atoms with Crippen molar-refractivity contribution in [1.82, 2.24) is 16.0 Å². The van der Waals surface area contributed by atoms with Crippen molar-refractivity contribution in [2.45, 2.75) is 57.7 Å². The number of carbonyl (C=O) groups excluding carboxylic acids is 3. The highest BCUT2D eigenvalue weighted by atomic mass is 16.4. The Bertz CT molecular complexity index is 582. The summed E-state index contributed by atoms with van der Waals surface area (Å²) in [6.07, 6.45) is -0.0943. The molecule has 0 aromatic carbocycles. The molecule has 160 valence electrons. The molecule has 0 aliphatic carbocycles. The van der Waals surface area contributed by atoms with Gasteiger partial charge in [-0.2, -0.15) is 0 Å². The van der Waals surface area contributed by atoms with Gasteiger partial charge < -0.3 is 37.6 Å². The van der Waals surface area contributed by atoms with Gasteiger partial charge in [-0.3, -0.25) is 14.4 Å². The number of carbonyl (C=O) groups is 5. The van der Waals surface area contributed by atoms with Crippen LogP contribution in [0.15, 0.2) is 0 Å². The zero-order valence-electron chi connectivity index (χ0n) is 15.9. The Hall–Kier alpha value is -2.89. The van der Waals surface area contributed by atoms with Gasteiger partial charge >= 0.3 is 18.0 Å². The summed E-state index contributed by atoms with van der Waals surface area (Å²) < 4.78 is 0. The Morgan fingerprint density at radius 3 is 2.04 bits per heavy atom. The lowest BCUT2D eigenvalue weighted by molar-refractivity contribution is -0.143. The average molecular weight is 403 g/mol. The predicted molar refractivity (Wildman–Crippen MR) is 98.0 cm³/mol. The third-order valence-corrected chi connectivity index (χ3v) is 3.84. The maximum atomic E-state index is 12.4. The maximum absolute atomic E-state index is 12.4. The lowest BCUT2D eigenvalue weighted by Crippen LogP contribution is -2.56. The summed E-state index contributed by atoms with van der Waals surface area (Å²) in [5.74, 6) is -4.29. The molecule has 0 aromatic heterocycles. The molecule has 0 saturated heterocycles. The molecule has 0 unspecified atom stereocenters. The minimum atomic E-state index is -1.39. The van der Waals surface area contributed by atoms with Gasteiger partial charge in [0.1, 0.15) is 12.1 Å². The molecule has 0 bridgehead atoms. The third kappa shape index (κ3) is 10.3. The topological polar surface area (TPSA) is 214 Å². The van der Waals surface area contributed by atoms with E-state index in [-0.39, 0.29) is 25.3 Å². The van der Waals surface area contributed by atoms with Crippen molar-refractivity contribution < 1.29 is 34.2 Å². The number of aliphatic carboxylic acids is 2. The summed E-state index contributed by atoms with van der Waals surface area (Å²) in [4.78, 5) is 57.0. The molecule has 0 rings (SSSR count). The maximum Gasteiger partial charge on any atom is 0.326 e. The van der Waals surface area contributed by atoms with Gasteiger partial charge in [-0.05, 0) is 25.2 Å². The molecule has 0 heterocycles. The minimum absolute atomic E-state index is 0.231. The van der Waals surface area contributed by atoms with Crippen LogP contribution in [0.2, 0.25) is 0 Å². The van der Waals surface area contributed by atoms with Gasteiger partial charge in [0.05, 0.1) is 6.04 Å². The van der Waals surface area contributed by atoms with E-state index in [1.54, 1.807) is 13.8 Å². The van der Waals surface area contributed by atoms with Gasteiger partial charge in [-0.1, -0.05) is 13.8 Å². The van der Waals surface area contributed by atoms with E-state index >= 15 is 0 Å². The van der Waals surface area contributed by atoms with E-state index in [1.807, 2.05) is 0 Å². The van der Waals surface area contributed by atoms with Crippen molar-refractivity contribution in [3.63, 3.8) is 0 Å². The van der Waals surface area contributed by atoms with E-state index in [1.165, 1.54) is 0 Å². The highest BCUT2D eigenvalue weighted by Crippen LogP contribution is 2.06. The first-order chi connectivity index (χ1) is 13.0. The largest absolute Gasteiger partial charge is 0.481 e. The molecule has 0 aliphatic rings. The van der Waals surface area contributed by atoms with E-state index in [2.05, 4.69) is 16.0 Å². The van der Waals surface area contributed by atoms with E-state index < -0.39 is 54.3 Å². The number of nitrogens with one attached hydrogen (secondary N) is 3. The van der Waals surface area contributed by atoms with E-state index in [9.17, 15) is 24.0 Å². The molecule has 0 aliphatic heterocycles. The first-order valence-electron chi connectivity index (χ1n) is 8.79. The highest BCUT2D eigenvalue weighted by Gasteiger charge is 2.30. The van der Waals surface area contributed by atoms with Gasteiger partial charge in [-0.15, -0.1) is 0 Å². The van der Waals surface area contributed by atoms with Crippen LogP contribution < -0.4 is 27.4 Å². The summed E-state index contributed by atoms with van der Waals surface area (Å²) in [7, 11) is 0. The van der Waals surface area contributed by atoms with Crippen LogP contribution in [-0.2, 0) is 19.2 Å². The highest BCUT2D eigenvalue weighted by molar-refractivity contribution is 5.92. The number of amides is 4. The first-order valence-corrected chi connectivity index (χ1v) is 8.79. The molecule has 9 N–H and O–H groups in total. The molecular formula is C16H29N5O7. The number of primary amides is 1. The Balaban J connectivity index is 4.79. The lowest BCUT2D eigenvalue weighted by atomic mass is 10.0. The summed E-state index contributed by atoms with van der Waals surface area (Å²) in [5.41, 5.74) is 10.7. The SMILES string of the molecule is CC(C)[C@H](NC(=O)[C@@H](N)CCCNC(N)=O)C(=O)N[C@@H](CCC(=O)O)C(=O)O. The van der Waals surface area contributed by atoms with Crippen molar-refractivity contribution in [1.29, 1.82) is 0 Å². The van der Waals surface area contributed by atoms with Crippen molar-refractivity contribution in [3.05, 3.63) is 0 Å². The molecule has 0 saturated carbocycles. The Morgan fingerprint density at radius 2 is 1.57 bits per heavy atom. The van der Waals surface area contributed by atoms with Gasteiger partial charge in [-0.25, -0.2) is 9.59 Å². The average Bonchev–Trinajstić information content (AvgIpc) is 2.58. The Morgan fingerprint density at radius 1 is 0.964 bits per heavy atom. The fraction of sp³-hybridized carbons (Fsp3) is 0.688. The van der Waals surface area contributed by atoms with Gasteiger partial charge in [0, 0.05) is 13.0 Å². The molecule has 0 spiro atoms. The van der Waals surface area contributed by atoms with E-state index in [0.717, 1.165) is 0 Å². The second kappa shape index (κ2) is 12.5. The van der Waals surface area contributed by atoms with E-state index in [4.69, 9.17) is 21.7 Å². The minimum Gasteiger partial charge on any atom is -0.481 e. The summed E-state index contributed by atoms with van der Waals surface area (Å²) in [6.45, 7) is 3.55. The molecule has 0 aromatic rings.